The van der Waals surface area contributed by atoms with Gasteiger partial charge in [0.15, 0.2) is 11.5 Å². The fourth-order valence-corrected chi connectivity index (χ4v) is 2.26. The second-order valence-electron chi connectivity index (χ2n) is 4.92. The smallest absolute Gasteiger partial charge is 0.269 e. The van der Waals surface area contributed by atoms with Crippen LogP contribution < -0.4 is 24.3 Å². The van der Waals surface area contributed by atoms with Crippen LogP contribution in [0.5, 0.6) is 23.0 Å². The van der Waals surface area contributed by atoms with Crippen LogP contribution in [0, 0.1) is 0 Å². The van der Waals surface area contributed by atoms with Gasteiger partial charge in [-0.15, -0.1) is 0 Å². The zero-order chi connectivity index (χ0) is 16.2. The van der Waals surface area contributed by atoms with Crippen LogP contribution in [-0.2, 0) is 4.79 Å². The average Bonchev–Trinajstić information content (AvgIpc) is 2.61. The highest BCUT2D eigenvalue weighted by molar-refractivity contribution is 5.96. The van der Waals surface area contributed by atoms with Gasteiger partial charge in [0.25, 0.3) is 5.91 Å². The average molecular weight is 315 g/mol. The van der Waals surface area contributed by atoms with Gasteiger partial charge in [-0.1, -0.05) is 12.1 Å². The van der Waals surface area contributed by atoms with Crippen LogP contribution in [-0.4, -0.2) is 32.8 Å². The molecule has 1 atom stereocenters. The standard InChI is InChI=1S/C17H17NO5/c1-20-11-7-8-12(15(9-11)21-2)18-17(19)16-10-22-13-5-3-4-6-14(13)23-16/h3-9,16H,10H2,1-2H3,(H,18,19)/t16-/m1/s1. The molecule has 0 radical (unpaired) electrons. The van der Waals surface area contributed by atoms with Crippen molar-refractivity contribution in [2.75, 3.05) is 26.1 Å². The van der Waals surface area contributed by atoms with Gasteiger partial charge in [0.05, 0.1) is 19.9 Å². The van der Waals surface area contributed by atoms with Crippen molar-refractivity contribution >= 4 is 11.6 Å². The van der Waals surface area contributed by atoms with Gasteiger partial charge in [0.1, 0.15) is 18.1 Å². The van der Waals surface area contributed by atoms with E-state index >= 15 is 0 Å². The van der Waals surface area contributed by atoms with Crippen molar-refractivity contribution in [1.29, 1.82) is 0 Å². The Morgan fingerprint density at radius 1 is 1.13 bits per heavy atom. The first kappa shape index (κ1) is 15.0. The summed E-state index contributed by atoms with van der Waals surface area (Å²) in [6.07, 6.45) is -0.725. The van der Waals surface area contributed by atoms with Crippen molar-refractivity contribution in [2.24, 2.45) is 0 Å². The van der Waals surface area contributed by atoms with Crippen molar-refractivity contribution < 1.29 is 23.7 Å². The minimum absolute atomic E-state index is 0.154. The molecule has 0 bridgehead atoms. The molecule has 0 unspecified atom stereocenters. The zero-order valence-corrected chi connectivity index (χ0v) is 12.9. The van der Waals surface area contributed by atoms with Crippen LogP contribution in [0.4, 0.5) is 5.69 Å². The van der Waals surface area contributed by atoms with E-state index in [1.165, 1.54) is 7.11 Å². The van der Waals surface area contributed by atoms with E-state index in [4.69, 9.17) is 18.9 Å². The van der Waals surface area contributed by atoms with Gasteiger partial charge < -0.3 is 24.3 Å². The summed E-state index contributed by atoms with van der Waals surface area (Å²) in [5.41, 5.74) is 0.542. The third-order valence-corrected chi connectivity index (χ3v) is 3.47. The molecule has 6 nitrogen and oxygen atoms in total. The van der Waals surface area contributed by atoms with Gasteiger partial charge in [-0.3, -0.25) is 4.79 Å². The molecule has 6 heteroatoms. The maximum absolute atomic E-state index is 12.4. The lowest BCUT2D eigenvalue weighted by Crippen LogP contribution is -2.40. The highest BCUT2D eigenvalue weighted by Gasteiger charge is 2.27. The number of para-hydroxylation sites is 2. The van der Waals surface area contributed by atoms with E-state index in [-0.39, 0.29) is 12.5 Å². The summed E-state index contributed by atoms with van der Waals surface area (Å²) in [5, 5.41) is 2.79. The second kappa shape index (κ2) is 6.48. The van der Waals surface area contributed by atoms with E-state index < -0.39 is 6.10 Å². The molecule has 0 saturated carbocycles. The van der Waals surface area contributed by atoms with Crippen molar-refractivity contribution in [3.8, 4) is 23.0 Å². The SMILES string of the molecule is COc1ccc(NC(=O)[C@H]2COc3ccccc3O2)c(OC)c1. The molecule has 0 aromatic heterocycles. The first-order valence-electron chi connectivity index (χ1n) is 7.12. The third-order valence-electron chi connectivity index (χ3n) is 3.47. The number of carbonyl (C=O) groups is 1. The van der Waals surface area contributed by atoms with Gasteiger partial charge in [0.2, 0.25) is 6.10 Å². The quantitative estimate of drug-likeness (QED) is 0.939. The first-order chi connectivity index (χ1) is 11.2. The Kier molecular flexibility index (Phi) is 4.23. The molecule has 1 heterocycles. The number of fused-ring (bicyclic) bond motifs is 1. The number of methoxy groups -OCH3 is 2. The van der Waals surface area contributed by atoms with E-state index in [1.807, 2.05) is 12.1 Å². The molecule has 1 aliphatic heterocycles. The van der Waals surface area contributed by atoms with Gasteiger partial charge in [-0.25, -0.2) is 0 Å². The molecular weight excluding hydrogens is 298 g/mol. The predicted molar refractivity (Wildman–Crippen MR) is 84.5 cm³/mol. The Labute approximate surface area is 133 Å². The highest BCUT2D eigenvalue weighted by atomic mass is 16.6. The van der Waals surface area contributed by atoms with Crippen LogP contribution in [0.15, 0.2) is 42.5 Å². The number of hydrogen-bond donors (Lipinski definition) is 1. The Morgan fingerprint density at radius 3 is 2.65 bits per heavy atom. The summed E-state index contributed by atoms with van der Waals surface area (Å²) < 4.78 is 21.6. The number of rotatable bonds is 4. The number of ether oxygens (including phenoxy) is 4. The lowest BCUT2D eigenvalue weighted by molar-refractivity contribution is -0.125. The largest absolute Gasteiger partial charge is 0.497 e. The molecule has 23 heavy (non-hydrogen) atoms. The summed E-state index contributed by atoms with van der Waals surface area (Å²) in [4.78, 5) is 12.4. The number of amides is 1. The molecule has 0 saturated heterocycles. The molecule has 0 spiro atoms. The van der Waals surface area contributed by atoms with Crippen LogP contribution in [0.3, 0.4) is 0 Å². The summed E-state index contributed by atoms with van der Waals surface area (Å²) in [5.74, 6) is 2.04. The van der Waals surface area contributed by atoms with Crippen LogP contribution >= 0.6 is 0 Å². The normalized spacial score (nSPS) is 15.7. The predicted octanol–water partition coefficient (Wildman–Crippen LogP) is 2.48. The number of anilines is 1. The van der Waals surface area contributed by atoms with Crippen LogP contribution in [0.2, 0.25) is 0 Å². The molecular formula is C17H17NO5. The van der Waals surface area contributed by atoms with Crippen LogP contribution in [0.1, 0.15) is 0 Å². The molecule has 0 fully saturated rings. The van der Waals surface area contributed by atoms with E-state index in [0.717, 1.165) is 0 Å². The van der Waals surface area contributed by atoms with Crippen molar-refractivity contribution in [3.05, 3.63) is 42.5 Å². The van der Waals surface area contributed by atoms with Crippen LogP contribution in [0.25, 0.3) is 0 Å². The molecule has 1 N–H and O–H groups in total. The maximum atomic E-state index is 12.4. The highest BCUT2D eigenvalue weighted by Crippen LogP contribution is 2.32. The monoisotopic (exact) mass is 315 g/mol. The summed E-state index contributed by atoms with van der Waals surface area (Å²) in [6.45, 7) is 0.154. The topological polar surface area (TPSA) is 66.0 Å². The van der Waals surface area contributed by atoms with E-state index in [1.54, 1.807) is 37.4 Å². The van der Waals surface area contributed by atoms with Gasteiger partial charge in [0, 0.05) is 6.07 Å². The second-order valence-corrected chi connectivity index (χ2v) is 4.92. The fraction of sp³-hybridized carbons (Fsp3) is 0.235. The van der Waals surface area contributed by atoms with Gasteiger partial charge in [-0.05, 0) is 24.3 Å². The minimum Gasteiger partial charge on any atom is -0.497 e. The number of nitrogens with one attached hydrogen (secondary N) is 1. The fourth-order valence-electron chi connectivity index (χ4n) is 2.26. The lowest BCUT2D eigenvalue weighted by Gasteiger charge is -2.25. The lowest BCUT2D eigenvalue weighted by atomic mass is 10.2. The van der Waals surface area contributed by atoms with Gasteiger partial charge >= 0.3 is 0 Å². The Morgan fingerprint density at radius 2 is 1.91 bits per heavy atom. The van der Waals surface area contributed by atoms with E-state index in [9.17, 15) is 4.79 Å². The summed E-state index contributed by atoms with van der Waals surface area (Å²) in [6, 6.07) is 12.4. The summed E-state index contributed by atoms with van der Waals surface area (Å²) >= 11 is 0. The third kappa shape index (κ3) is 3.15. The Bertz CT molecular complexity index is 716. The number of carbonyl (C=O) groups excluding carboxylic acids is 1. The number of benzene rings is 2. The van der Waals surface area contributed by atoms with Crippen molar-refractivity contribution in [2.45, 2.75) is 6.10 Å². The molecule has 0 aliphatic carbocycles. The Hall–Kier alpha value is -2.89. The van der Waals surface area contributed by atoms with E-state index in [0.29, 0.717) is 28.7 Å². The zero-order valence-electron chi connectivity index (χ0n) is 12.9. The van der Waals surface area contributed by atoms with Gasteiger partial charge in [-0.2, -0.15) is 0 Å². The Balaban J connectivity index is 1.73. The summed E-state index contributed by atoms with van der Waals surface area (Å²) in [7, 11) is 3.10. The van der Waals surface area contributed by atoms with Crippen molar-refractivity contribution in [3.63, 3.8) is 0 Å². The molecule has 2 aromatic carbocycles. The molecule has 1 amide bonds. The number of hydrogen-bond acceptors (Lipinski definition) is 5. The first-order valence-corrected chi connectivity index (χ1v) is 7.12. The molecule has 2 aromatic rings. The maximum Gasteiger partial charge on any atom is 0.269 e. The van der Waals surface area contributed by atoms with Crippen molar-refractivity contribution in [1.82, 2.24) is 0 Å². The molecule has 3 rings (SSSR count). The van der Waals surface area contributed by atoms with E-state index in [2.05, 4.69) is 5.32 Å². The molecule has 120 valence electrons. The molecule has 1 aliphatic rings. The minimum atomic E-state index is -0.725.